The second-order valence-corrected chi connectivity index (χ2v) is 6.71. The zero-order valence-corrected chi connectivity index (χ0v) is 13.7. The van der Waals surface area contributed by atoms with Gasteiger partial charge >= 0.3 is 0 Å². The highest BCUT2D eigenvalue weighted by Gasteiger charge is 2.12. The molecule has 0 radical (unpaired) electrons. The summed E-state index contributed by atoms with van der Waals surface area (Å²) in [5, 5.41) is 2.97. The monoisotopic (exact) mass is 295 g/mol. The summed E-state index contributed by atoms with van der Waals surface area (Å²) in [6, 6.07) is 18.6. The van der Waals surface area contributed by atoms with E-state index in [4.69, 9.17) is 0 Å². The summed E-state index contributed by atoms with van der Waals surface area (Å²) >= 11 is 0. The van der Waals surface area contributed by atoms with Crippen LogP contribution in [0.15, 0.2) is 54.6 Å². The minimum absolute atomic E-state index is 0.101. The molecule has 1 amide bonds. The molecule has 1 N–H and O–H groups in total. The van der Waals surface area contributed by atoms with Crippen molar-refractivity contribution in [3.05, 3.63) is 71.3 Å². The van der Waals surface area contributed by atoms with Gasteiger partial charge < -0.3 is 5.32 Å². The Morgan fingerprint density at radius 3 is 2.14 bits per heavy atom. The molecule has 2 rings (SSSR count). The molecular formula is C20H25NO. The number of hydrogen-bond acceptors (Lipinski definition) is 1. The minimum atomic E-state index is 0.101. The fourth-order valence-corrected chi connectivity index (χ4v) is 2.31. The molecule has 0 aliphatic rings. The fraction of sp³-hybridized carbons (Fsp3) is 0.350. The van der Waals surface area contributed by atoms with Crippen molar-refractivity contribution in [2.75, 3.05) is 0 Å². The van der Waals surface area contributed by atoms with Crippen molar-refractivity contribution >= 4 is 5.91 Å². The number of aryl methyl sites for hydroxylation is 1. The molecule has 0 unspecified atom stereocenters. The smallest absolute Gasteiger partial charge is 0.220 e. The van der Waals surface area contributed by atoms with E-state index in [2.05, 4.69) is 50.4 Å². The normalized spacial score (nSPS) is 11.2. The van der Waals surface area contributed by atoms with Crippen molar-refractivity contribution < 1.29 is 4.79 Å². The lowest BCUT2D eigenvalue weighted by Crippen LogP contribution is -2.22. The van der Waals surface area contributed by atoms with E-state index in [0.717, 1.165) is 12.0 Å². The van der Waals surface area contributed by atoms with E-state index in [-0.39, 0.29) is 11.3 Å². The lowest BCUT2D eigenvalue weighted by atomic mass is 9.86. The van der Waals surface area contributed by atoms with E-state index in [1.807, 2.05) is 30.3 Å². The molecule has 2 nitrogen and oxygen atoms in total. The highest BCUT2D eigenvalue weighted by Crippen LogP contribution is 2.22. The third kappa shape index (κ3) is 5.03. The number of amides is 1. The molecule has 2 heteroatoms. The van der Waals surface area contributed by atoms with Gasteiger partial charge in [-0.15, -0.1) is 0 Å². The van der Waals surface area contributed by atoms with Crippen LogP contribution in [0.5, 0.6) is 0 Å². The van der Waals surface area contributed by atoms with Crippen LogP contribution in [0.2, 0.25) is 0 Å². The number of benzene rings is 2. The Bertz CT molecular complexity index is 594. The van der Waals surface area contributed by atoms with E-state index in [9.17, 15) is 4.79 Å². The molecule has 116 valence electrons. The molecular weight excluding hydrogens is 270 g/mol. The first-order valence-electron chi connectivity index (χ1n) is 7.85. The van der Waals surface area contributed by atoms with E-state index in [1.165, 1.54) is 11.1 Å². The molecule has 0 heterocycles. The van der Waals surface area contributed by atoms with E-state index >= 15 is 0 Å². The van der Waals surface area contributed by atoms with Gasteiger partial charge in [-0.05, 0) is 28.5 Å². The van der Waals surface area contributed by atoms with Gasteiger partial charge in [0.25, 0.3) is 0 Å². The summed E-state index contributed by atoms with van der Waals surface area (Å²) in [4.78, 5) is 11.9. The Labute approximate surface area is 133 Å². The number of carbonyl (C=O) groups excluding carboxylic acids is 1. The number of carbonyl (C=O) groups is 1. The van der Waals surface area contributed by atoms with Crippen LogP contribution in [0.4, 0.5) is 0 Å². The summed E-state index contributed by atoms with van der Waals surface area (Å²) in [5.74, 6) is 0.101. The second kappa shape index (κ2) is 7.26. The maximum Gasteiger partial charge on any atom is 0.220 e. The van der Waals surface area contributed by atoms with E-state index < -0.39 is 0 Å². The lowest BCUT2D eigenvalue weighted by Gasteiger charge is -2.19. The van der Waals surface area contributed by atoms with Gasteiger partial charge in [0.15, 0.2) is 0 Å². The molecule has 0 fully saturated rings. The third-order valence-electron chi connectivity index (χ3n) is 3.79. The molecule has 0 saturated heterocycles. The van der Waals surface area contributed by atoms with Crippen molar-refractivity contribution in [2.24, 2.45) is 0 Å². The summed E-state index contributed by atoms with van der Waals surface area (Å²) in [6.07, 6.45) is 1.31. The Balaban J connectivity index is 1.79. The first-order valence-corrected chi connectivity index (χ1v) is 7.85. The standard InChI is InChI=1S/C20H25NO/c1-20(2,3)18-12-9-16(10-13-18)11-14-19(22)21-15-17-7-5-4-6-8-17/h4-10,12-13H,11,14-15H2,1-3H3,(H,21,22). The van der Waals surface area contributed by atoms with Crippen LogP contribution >= 0.6 is 0 Å². The Hall–Kier alpha value is -2.09. The van der Waals surface area contributed by atoms with Crippen molar-refractivity contribution in [1.82, 2.24) is 5.32 Å². The highest BCUT2D eigenvalue weighted by atomic mass is 16.1. The minimum Gasteiger partial charge on any atom is -0.352 e. The topological polar surface area (TPSA) is 29.1 Å². The van der Waals surface area contributed by atoms with Crippen LogP contribution < -0.4 is 5.32 Å². The van der Waals surface area contributed by atoms with Crippen LogP contribution in [-0.4, -0.2) is 5.91 Å². The molecule has 0 atom stereocenters. The van der Waals surface area contributed by atoms with Gasteiger partial charge in [-0.25, -0.2) is 0 Å². The predicted molar refractivity (Wildman–Crippen MR) is 91.8 cm³/mol. The van der Waals surface area contributed by atoms with Gasteiger partial charge in [0.2, 0.25) is 5.91 Å². The van der Waals surface area contributed by atoms with Gasteiger partial charge in [0.1, 0.15) is 0 Å². The van der Waals surface area contributed by atoms with E-state index in [0.29, 0.717) is 13.0 Å². The van der Waals surface area contributed by atoms with Gasteiger partial charge in [0.05, 0.1) is 0 Å². The average Bonchev–Trinajstić information content (AvgIpc) is 2.51. The van der Waals surface area contributed by atoms with Gasteiger partial charge in [-0.3, -0.25) is 4.79 Å². The predicted octanol–water partition coefficient (Wildman–Crippen LogP) is 4.23. The van der Waals surface area contributed by atoms with Crippen molar-refractivity contribution in [2.45, 2.75) is 45.6 Å². The summed E-state index contributed by atoms with van der Waals surface area (Å²) < 4.78 is 0. The largest absolute Gasteiger partial charge is 0.352 e. The molecule has 22 heavy (non-hydrogen) atoms. The third-order valence-corrected chi connectivity index (χ3v) is 3.79. The summed E-state index contributed by atoms with van der Waals surface area (Å²) in [6.45, 7) is 7.22. The van der Waals surface area contributed by atoms with Crippen LogP contribution in [0.25, 0.3) is 0 Å². The zero-order chi connectivity index (χ0) is 16.0. The highest BCUT2D eigenvalue weighted by molar-refractivity contribution is 5.76. The van der Waals surface area contributed by atoms with Crippen LogP contribution in [0.1, 0.15) is 43.9 Å². The zero-order valence-electron chi connectivity index (χ0n) is 13.7. The van der Waals surface area contributed by atoms with Gasteiger partial charge in [-0.2, -0.15) is 0 Å². The average molecular weight is 295 g/mol. The van der Waals surface area contributed by atoms with Crippen molar-refractivity contribution in [1.29, 1.82) is 0 Å². The molecule has 0 aliphatic heterocycles. The van der Waals surface area contributed by atoms with Crippen molar-refractivity contribution in [3.63, 3.8) is 0 Å². The second-order valence-electron chi connectivity index (χ2n) is 6.71. The first kappa shape index (κ1) is 16.3. The van der Waals surface area contributed by atoms with Gasteiger partial charge in [-0.1, -0.05) is 75.4 Å². The fourth-order valence-electron chi connectivity index (χ4n) is 2.31. The Morgan fingerprint density at radius 1 is 0.909 bits per heavy atom. The molecule has 0 spiro atoms. The molecule has 0 bridgehead atoms. The number of nitrogens with one attached hydrogen (secondary N) is 1. The molecule has 0 aliphatic carbocycles. The summed E-state index contributed by atoms with van der Waals surface area (Å²) in [5.41, 5.74) is 3.84. The molecule has 0 aromatic heterocycles. The maximum atomic E-state index is 11.9. The first-order chi connectivity index (χ1) is 10.4. The molecule has 2 aromatic rings. The molecule has 0 saturated carbocycles. The number of rotatable bonds is 5. The quantitative estimate of drug-likeness (QED) is 0.878. The SMILES string of the molecule is CC(C)(C)c1ccc(CCC(=O)NCc2ccccc2)cc1. The lowest BCUT2D eigenvalue weighted by molar-refractivity contribution is -0.121. The van der Waals surface area contributed by atoms with Crippen molar-refractivity contribution in [3.8, 4) is 0 Å². The Kier molecular flexibility index (Phi) is 5.37. The molecule has 2 aromatic carbocycles. The van der Waals surface area contributed by atoms with Crippen LogP contribution in [0, 0.1) is 0 Å². The van der Waals surface area contributed by atoms with Crippen LogP contribution in [0.3, 0.4) is 0 Å². The van der Waals surface area contributed by atoms with E-state index in [1.54, 1.807) is 0 Å². The number of hydrogen-bond donors (Lipinski definition) is 1. The van der Waals surface area contributed by atoms with Gasteiger partial charge in [0, 0.05) is 13.0 Å². The Morgan fingerprint density at radius 2 is 1.55 bits per heavy atom. The maximum absolute atomic E-state index is 11.9. The summed E-state index contributed by atoms with van der Waals surface area (Å²) in [7, 11) is 0. The van der Waals surface area contributed by atoms with Crippen LogP contribution in [-0.2, 0) is 23.2 Å².